The highest BCUT2D eigenvalue weighted by atomic mass is 79.9. The van der Waals surface area contributed by atoms with Crippen molar-refractivity contribution in [2.75, 3.05) is 0 Å². The zero-order valence-electron chi connectivity index (χ0n) is 7.97. The first-order valence-corrected chi connectivity index (χ1v) is 6.11. The fourth-order valence-corrected chi connectivity index (χ4v) is 3.24. The van der Waals surface area contributed by atoms with Gasteiger partial charge >= 0.3 is 6.61 Å². The van der Waals surface area contributed by atoms with Gasteiger partial charge in [-0.05, 0) is 12.8 Å². The normalized spacial score (nSPS) is 14.3. The number of nitriles is 1. The number of ether oxygens (including phenoxy) is 1. The smallest absolute Gasteiger partial charge is 0.387 e. The molecule has 0 saturated heterocycles. The third-order valence-electron chi connectivity index (χ3n) is 2.17. The fraction of sp³-hybridized carbons (Fsp3) is 0.300. The van der Waals surface area contributed by atoms with Crippen molar-refractivity contribution in [2.45, 2.75) is 19.5 Å². The number of rotatable bonds is 2. The van der Waals surface area contributed by atoms with E-state index in [0.29, 0.717) is 5.22 Å². The predicted octanol–water partition coefficient (Wildman–Crippen LogP) is 2.30. The molecule has 0 N–H and O–H groups in total. The number of nitrogens with zero attached hydrogens (tertiary/aromatic N) is 1. The Hall–Kier alpha value is -0.930. The Labute approximate surface area is 103 Å². The average molecular weight is 306 g/mol. The van der Waals surface area contributed by atoms with E-state index in [0.717, 1.165) is 21.9 Å². The van der Waals surface area contributed by atoms with Crippen LogP contribution in [0.2, 0.25) is 0 Å². The maximum Gasteiger partial charge on any atom is 0.387 e. The van der Waals surface area contributed by atoms with Crippen molar-refractivity contribution >= 4 is 37.8 Å². The van der Waals surface area contributed by atoms with Crippen LogP contribution in [-0.2, 0) is 0 Å². The van der Waals surface area contributed by atoms with E-state index in [1.165, 1.54) is 11.3 Å². The molecule has 16 heavy (non-hydrogen) atoms. The van der Waals surface area contributed by atoms with Crippen molar-refractivity contribution in [1.29, 1.82) is 5.26 Å². The Kier molecular flexibility index (Phi) is 3.26. The number of halogens is 3. The first-order valence-electron chi connectivity index (χ1n) is 4.50. The quantitative estimate of drug-likeness (QED) is 0.840. The van der Waals surface area contributed by atoms with E-state index >= 15 is 0 Å². The van der Waals surface area contributed by atoms with Gasteiger partial charge in [0, 0.05) is 14.2 Å². The minimum absolute atomic E-state index is 0.00847. The van der Waals surface area contributed by atoms with Gasteiger partial charge in [0.25, 0.3) is 0 Å². The third-order valence-corrected chi connectivity index (χ3v) is 4.37. The van der Waals surface area contributed by atoms with E-state index in [4.69, 9.17) is 5.26 Å². The fourth-order valence-electron chi connectivity index (χ4n) is 1.55. The molecule has 0 fully saturated rings. The molecule has 1 heterocycles. The van der Waals surface area contributed by atoms with E-state index in [9.17, 15) is 8.78 Å². The summed E-state index contributed by atoms with van der Waals surface area (Å²) in [6.07, 6.45) is 3.41. The number of thiophene rings is 1. The van der Waals surface area contributed by atoms with Gasteiger partial charge in [0.2, 0.25) is 0 Å². The Morgan fingerprint density at radius 2 is 2.31 bits per heavy atom. The van der Waals surface area contributed by atoms with Crippen LogP contribution in [0.1, 0.15) is 17.7 Å². The highest BCUT2D eigenvalue weighted by Crippen LogP contribution is 2.23. The van der Waals surface area contributed by atoms with Gasteiger partial charge in [-0.15, -0.1) is 11.3 Å². The lowest BCUT2D eigenvalue weighted by Gasteiger charge is -2.04. The molecule has 0 atom stereocenters. The molecule has 0 unspecified atom stereocenters. The molecule has 1 aromatic rings. The zero-order chi connectivity index (χ0) is 11.7. The number of alkyl halides is 2. The lowest BCUT2D eigenvalue weighted by Crippen LogP contribution is -2.25. The minimum atomic E-state index is -2.90. The summed E-state index contributed by atoms with van der Waals surface area (Å²) in [6, 6.07) is 1.88. The molecule has 0 amide bonds. The first kappa shape index (κ1) is 11.6. The summed E-state index contributed by atoms with van der Waals surface area (Å²) in [5.74, 6) is 0.00847. The Bertz CT molecular complexity index is 573. The molecule has 0 aromatic carbocycles. The maximum absolute atomic E-state index is 12.2. The van der Waals surface area contributed by atoms with E-state index in [-0.39, 0.29) is 10.6 Å². The molecule has 0 aliphatic heterocycles. The van der Waals surface area contributed by atoms with Crippen molar-refractivity contribution in [3.63, 3.8) is 0 Å². The molecular weight excluding hydrogens is 300 g/mol. The van der Waals surface area contributed by atoms with Crippen LogP contribution in [0.25, 0.3) is 10.6 Å². The van der Waals surface area contributed by atoms with Crippen LogP contribution < -0.4 is 14.5 Å². The lowest BCUT2D eigenvalue weighted by molar-refractivity contribution is -0.0503. The lowest BCUT2D eigenvalue weighted by atomic mass is 10.1. The summed E-state index contributed by atoms with van der Waals surface area (Å²) in [4.78, 5) is 0.195. The molecule has 0 spiro atoms. The van der Waals surface area contributed by atoms with Gasteiger partial charge in [-0.25, -0.2) is 0 Å². The third kappa shape index (κ3) is 1.97. The van der Waals surface area contributed by atoms with Crippen molar-refractivity contribution in [3.8, 4) is 11.8 Å². The summed E-state index contributed by atoms with van der Waals surface area (Å²) < 4.78 is 30.6. The topological polar surface area (TPSA) is 33.0 Å². The SMILES string of the molecule is N#Cc1sc2c(c1OC(F)F)=CCCC=2Br. The Balaban J connectivity index is 2.70. The van der Waals surface area contributed by atoms with Gasteiger partial charge < -0.3 is 4.74 Å². The van der Waals surface area contributed by atoms with Crippen LogP contribution in [-0.4, -0.2) is 6.61 Å². The van der Waals surface area contributed by atoms with Crippen LogP contribution in [0.3, 0.4) is 0 Å². The van der Waals surface area contributed by atoms with Gasteiger partial charge in [0.05, 0.1) is 0 Å². The van der Waals surface area contributed by atoms with Crippen LogP contribution in [0.4, 0.5) is 8.78 Å². The van der Waals surface area contributed by atoms with Crippen molar-refractivity contribution in [3.05, 3.63) is 14.6 Å². The Morgan fingerprint density at radius 3 is 2.94 bits per heavy atom. The van der Waals surface area contributed by atoms with Gasteiger partial charge in [0.15, 0.2) is 5.75 Å². The standard InChI is InChI=1S/C10H6BrF2NOS/c11-6-3-1-2-5-8(15-10(12)13)7(4-14)16-9(5)6/h2,10H,1,3H2. The van der Waals surface area contributed by atoms with Crippen LogP contribution in [0.15, 0.2) is 0 Å². The summed E-state index contributed by atoms with van der Waals surface area (Å²) in [5.41, 5.74) is 0. The second-order valence-corrected chi connectivity index (χ2v) is 5.12. The van der Waals surface area contributed by atoms with Crippen molar-refractivity contribution < 1.29 is 13.5 Å². The number of fused-ring (bicyclic) bond motifs is 1. The molecule has 6 heteroatoms. The Morgan fingerprint density at radius 1 is 1.56 bits per heavy atom. The van der Waals surface area contributed by atoms with E-state index in [1.54, 1.807) is 0 Å². The molecular formula is C10H6BrF2NOS. The second kappa shape index (κ2) is 4.52. The molecule has 2 nitrogen and oxygen atoms in total. The highest BCUT2D eigenvalue weighted by Gasteiger charge is 2.17. The second-order valence-electron chi connectivity index (χ2n) is 3.14. The van der Waals surface area contributed by atoms with Gasteiger partial charge in [0.1, 0.15) is 10.9 Å². The van der Waals surface area contributed by atoms with Crippen LogP contribution >= 0.6 is 27.3 Å². The molecule has 0 radical (unpaired) electrons. The van der Waals surface area contributed by atoms with Gasteiger partial charge in [-0.3, -0.25) is 0 Å². The van der Waals surface area contributed by atoms with Gasteiger partial charge in [-0.1, -0.05) is 22.0 Å². The summed E-state index contributed by atoms with van der Waals surface area (Å²) >= 11 is 4.56. The molecule has 84 valence electrons. The van der Waals surface area contributed by atoms with E-state index in [1.807, 2.05) is 12.1 Å². The van der Waals surface area contributed by atoms with Crippen molar-refractivity contribution in [1.82, 2.24) is 0 Å². The molecule has 0 bridgehead atoms. The highest BCUT2D eigenvalue weighted by molar-refractivity contribution is 9.14. The summed E-state index contributed by atoms with van der Waals surface area (Å²) in [7, 11) is 0. The first-order chi connectivity index (χ1) is 7.63. The van der Waals surface area contributed by atoms with Gasteiger partial charge in [-0.2, -0.15) is 14.0 Å². The number of hydrogen-bond acceptors (Lipinski definition) is 3. The molecule has 2 rings (SSSR count). The summed E-state index contributed by atoms with van der Waals surface area (Å²) in [5, 5.41) is 9.47. The van der Waals surface area contributed by atoms with Crippen LogP contribution in [0, 0.1) is 11.3 Å². The number of hydrogen-bond donors (Lipinski definition) is 0. The molecule has 1 aromatic heterocycles. The molecule has 0 saturated carbocycles. The predicted molar refractivity (Wildman–Crippen MR) is 61.0 cm³/mol. The molecule has 1 aliphatic carbocycles. The van der Waals surface area contributed by atoms with E-state index in [2.05, 4.69) is 20.7 Å². The van der Waals surface area contributed by atoms with Crippen LogP contribution in [0.5, 0.6) is 5.75 Å². The average Bonchev–Trinajstić information content (AvgIpc) is 2.58. The zero-order valence-corrected chi connectivity index (χ0v) is 10.4. The maximum atomic E-state index is 12.2. The van der Waals surface area contributed by atoms with Crippen molar-refractivity contribution in [2.24, 2.45) is 0 Å². The largest absolute Gasteiger partial charge is 0.432 e. The molecule has 1 aliphatic rings. The minimum Gasteiger partial charge on any atom is -0.432 e. The monoisotopic (exact) mass is 305 g/mol. The summed E-state index contributed by atoms with van der Waals surface area (Å²) in [6.45, 7) is -2.90. The van der Waals surface area contributed by atoms with E-state index < -0.39 is 6.61 Å².